The monoisotopic (exact) mass is 242 g/mol. The van der Waals surface area contributed by atoms with Gasteiger partial charge in [0.1, 0.15) is 5.56 Å². The average Bonchev–Trinajstić information content (AvgIpc) is 2.39. The smallest absolute Gasteiger partial charge is 0.261 e. The van der Waals surface area contributed by atoms with Crippen LogP contribution < -0.4 is 10.9 Å². The molecule has 0 aliphatic rings. The van der Waals surface area contributed by atoms with Gasteiger partial charge in [0.05, 0.1) is 0 Å². The molecule has 2 aromatic rings. The Morgan fingerprint density at radius 2 is 2.11 bits per heavy atom. The van der Waals surface area contributed by atoms with Crippen LogP contribution in [0.4, 0.5) is 5.69 Å². The predicted octanol–water partition coefficient (Wildman–Crippen LogP) is 2.19. The van der Waals surface area contributed by atoms with Crippen molar-refractivity contribution in [2.75, 3.05) is 5.32 Å². The van der Waals surface area contributed by atoms with Crippen LogP contribution in [0.25, 0.3) is 0 Å². The van der Waals surface area contributed by atoms with Crippen LogP contribution in [0.15, 0.2) is 47.4 Å². The Bertz CT molecular complexity index is 617. The Morgan fingerprint density at radius 1 is 1.28 bits per heavy atom. The van der Waals surface area contributed by atoms with Crippen LogP contribution in [0.5, 0.6) is 0 Å². The fourth-order valence-corrected chi connectivity index (χ4v) is 1.67. The predicted molar refractivity (Wildman–Crippen MR) is 70.8 cm³/mol. The number of H-pyrrole nitrogens is 1. The first kappa shape index (κ1) is 12.1. The summed E-state index contributed by atoms with van der Waals surface area (Å²) in [5.74, 6) is -0.398. The molecule has 1 aromatic heterocycles. The molecule has 1 aromatic carbocycles. The zero-order valence-corrected chi connectivity index (χ0v) is 10.1. The van der Waals surface area contributed by atoms with Gasteiger partial charge >= 0.3 is 0 Å². The molecule has 0 spiro atoms. The molecule has 4 nitrogen and oxygen atoms in total. The van der Waals surface area contributed by atoms with E-state index in [4.69, 9.17) is 0 Å². The van der Waals surface area contributed by atoms with E-state index in [1.54, 1.807) is 12.1 Å². The van der Waals surface area contributed by atoms with Crippen molar-refractivity contribution in [3.05, 3.63) is 64.1 Å². The van der Waals surface area contributed by atoms with Crippen LogP contribution in [0.2, 0.25) is 0 Å². The van der Waals surface area contributed by atoms with Crippen LogP contribution in [0, 0.1) is 0 Å². The molecule has 2 N–H and O–H groups in total. The zero-order chi connectivity index (χ0) is 13.0. The number of benzene rings is 1. The van der Waals surface area contributed by atoms with E-state index in [1.807, 2.05) is 25.1 Å². The summed E-state index contributed by atoms with van der Waals surface area (Å²) < 4.78 is 0. The first-order valence-corrected chi connectivity index (χ1v) is 5.78. The summed E-state index contributed by atoms with van der Waals surface area (Å²) >= 11 is 0. The molecule has 0 saturated carbocycles. The summed E-state index contributed by atoms with van der Waals surface area (Å²) in [5, 5.41) is 2.71. The van der Waals surface area contributed by atoms with Gasteiger partial charge in [0.2, 0.25) is 0 Å². The number of hydrogen-bond acceptors (Lipinski definition) is 2. The molecule has 0 saturated heterocycles. The number of rotatable bonds is 3. The summed E-state index contributed by atoms with van der Waals surface area (Å²) in [7, 11) is 0. The van der Waals surface area contributed by atoms with Crippen molar-refractivity contribution >= 4 is 11.6 Å². The minimum atomic E-state index is -0.398. The molecule has 0 radical (unpaired) electrons. The summed E-state index contributed by atoms with van der Waals surface area (Å²) in [5.41, 5.74) is 1.55. The number of hydrogen-bond donors (Lipinski definition) is 2. The van der Waals surface area contributed by atoms with Gasteiger partial charge in [-0.3, -0.25) is 9.59 Å². The quantitative estimate of drug-likeness (QED) is 0.866. The molecule has 1 heterocycles. The third-order valence-electron chi connectivity index (χ3n) is 2.66. The maximum Gasteiger partial charge on any atom is 0.261 e. The number of anilines is 1. The summed E-state index contributed by atoms with van der Waals surface area (Å²) in [6.45, 7) is 2.04. The van der Waals surface area contributed by atoms with Crippen molar-refractivity contribution in [2.45, 2.75) is 13.3 Å². The molecule has 0 aliphatic carbocycles. The largest absolute Gasteiger partial charge is 0.328 e. The van der Waals surface area contributed by atoms with E-state index in [0.29, 0.717) is 5.69 Å². The highest BCUT2D eigenvalue weighted by Crippen LogP contribution is 2.11. The molecule has 4 heteroatoms. The van der Waals surface area contributed by atoms with Gasteiger partial charge in [-0.15, -0.1) is 0 Å². The van der Waals surface area contributed by atoms with Crippen molar-refractivity contribution in [3.63, 3.8) is 0 Å². The summed E-state index contributed by atoms with van der Waals surface area (Å²) in [6.07, 6.45) is 2.40. The topological polar surface area (TPSA) is 62.0 Å². The van der Waals surface area contributed by atoms with Crippen LogP contribution in [0.1, 0.15) is 22.8 Å². The fraction of sp³-hybridized carbons (Fsp3) is 0.143. The maximum atomic E-state index is 11.9. The second-order valence-corrected chi connectivity index (χ2v) is 3.92. The number of aromatic amines is 1. The molecule has 0 unspecified atom stereocenters. The lowest BCUT2D eigenvalue weighted by molar-refractivity contribution is 0.102. The van der Waals surface area contributed by atoms with Crippen molar-refractivity contribution in [1.82, 2.24) is 4.98 Å². The Labute approximate surface area is 105 Å². The Balaban J connectivity index is 2.21. The van der Waals surface area contributed by atoms with Crippen LogP contribution >= 0.6 is 0 Å². The van der Waals surface area contributed by atoms with E-state index in [0.717, 1.165) is 12.0 Å². The molecule has 18 heavy (non-hydrogen) atoms. The van der Waals surface area contributed by atoms with Crippen molar-refractivity contribution < 1.29 is 4.79 Å². The molecule has 92 valence electrons. The van der Waals surface area contributed by atoms with Crippen LogP contribution in [-0.4, -0.2) is 10.9 Å². The number of aromatic nitrogens is 1. The van der Waals surface area contributed by atoms with E-state index in [2.05, 4.69) is 10.3 Å². The van der Waals surface area contributed by atoms with Crippen LogP contribution in [-0.2, 0) is 6.42 Å². The summed E-state index contributed by atoms with van der Waals surface area (Å²) in [4.78, 5) is 25.8. The number of carbonyl (C=O) groups excluding carboxylic acids is 1. The molecule has 0 bridgehead atoms. The van der Waals surface area contributed by atoms with Gasteiger partial charge in [-0.05, 0) is 36.2 Å². The zero-order valence-electron chi connectivity index (χ0n) is 10.1. The first-order chi connectivity index (χ1) is 8.70. The van der Waals surface area contributed by atoms with E-state index in [1.165, 1.54) is 12.3 Å². The fourth-order valence-electron chi connectivity index (χ4n) is 1.67. The molecule has 0 fully saturated rings. The molecule has 0 atom stereocenters. The minimum Gasteiger partial charge on any atom is -0.328 e. The number of pyridine rings is 1. The highest BCUT2D eigenvalue weighted by atomic mass is 16.2. The Morgan fingerprint density at radius 3 is 2.83 bits per heavy atom. The molecular formula is C14H14N2O2. The van der Waals surface area contributed by atoms with Crippen molar-refractivity contribution in [2.24, 2.45) is 0 Å². The van der Waals surface area contributed by atoms with Gasteiger partial charge in [0.15, 0.2) is 0 Å². The third-order valence-corrected chi connectivity index (χ3v) is 2.66. The van der Waals surface area contributed by atoms with E-state index in [-0.39, 0.29) is 11.1 Å². The molecule has 0 aliphatic heterocycles. The minimum absolute atomic E-state index is 0.111. The van der Waals surface area contributed by atoms with Gasteiger partial charge in [0, 0.05) is 11.9 Å². The van der Waals surface area contributed by atoms with Crippen LogP contribution in [0.3, 0.4) is 0 Å². The molecule has 1 amide bonds. The standard InChI is InChI=1S/C14H14N2O2/c1-2-10-5-3-6-11(9-10)16-14(18)12-7-4-8-15-13(12)17/h3-9H,2H2,1H3,(H,15,17)(H,16,18). The lowest BCUT2D eigenvalue weighted by Gasteiger charge is -2.06. The lowest BCUT2D eigenvalue weighted by atomic mass is 10.1. The second kappa shape index (κ2) is 5.31. The highest BCUT2D eigenvalue weighted by Gasteiger charge is 2.09. The maximum absolute atomic E-state index is 11.9. The number of aryl methyl sites for hydroxylation is 1. The van der Waals surface area contributed by atoms with Gasteiger partial charge in [-0.25, -0.2) is 0 Å². The van der Waals surface area contributed by atoms with E-state index >= 15 is 0 Å². The average molecular weight is 242 g/mol. The number of nitrogens with one attached hydrogen (secondary N) is 2. The van der Waals surface area contributed by atoms with Crippen molar-refractivity contribution in [3.8, 4) is 0 Å². The number of amides is 1. The SMILES string of the molecule is CCc1cccc(NC(=O)c2ccc[nH]c2=O)c1. The van der Waals surface area contributed by atoms with Gasteiger partial charge in [0.25, 0.3) is 11.5 Å². The molecule has 2 rings (SSSR count). The third kappa shape index (κ3) is 2.66. The summed E-state index contributed by atoms with van der Waals surface area (Å²) in [6, 6.07) is 10.7. The van der Waals surface area contributed by atoms with Gasteiger partial charge in [-0.2, -0.15) is 0 Å². The van der Waals surface area contributed by atoms with Gasteiger partial charge in [-0.1, -0.05) is 19.1 Å². The highest BCUT2D eigenvalue weighted by molar-refractivity contribution is 6.03. The first-order valence-electron chi connectivity index (χ1n) is 5.78. The lowest BCUT2D eigenvalue weighted by Crippen LogP contribution is -2.22. The Hall–Kier alpha value is -2.36. The van der Waals surface area contributed by atoms with Crippen molar-refractivity contribution in [1.29, 1.82) is 0 Å². The number of carbonyl (C=O) groups is 1. The van der Waals surface area contributed by atoms with E-state index in [9.17, 15) is 9.59 Å². The second-order valence-electron chi connectivity index (χ2n) is 3.92. The normalized spacial score (nSPS) is 10.1. The van der Waals surface area contributed by atoms with Gasteiger partial charge < -0.3 is 10.3 Å². The molecular weight excluding hydrogens is 228 g/mol. The Kier molecular flexibility index (Phi) is 3.57. The van der Waals surface area contributed by atoms with E-state index < -0.39 is 5.91 Å².